The average Bonchev–Trinajstić information content (AvgIpc) is 2.20. The second-order valence-corrected chi connectivity index (χ2v) is 5.92. The molecule has 1 atom stereocenters. The molecule has 0 heterocycles. The van der Waals surface area contributed by atoms with E-state index in [1.807, 2.05) is 0 Å². The van der Waals surface area contributed by atoms with Gasteiger partial charge >= 0.3 is 0 Å². The molecule has 1 aliphatic carbocycles. The van der Waals surface area contributed by atoms with Gasteiger partial charge in [-0.3, -0.25) is 4.79 Å². The van der Waals surface area contributed by atoms with E-state index in [9.17, 15) is 4.79 Å². The van der Waals surface area contributed by atoms with Crippen molar-refractivity contribution >= 4 is 17.5 Å². The van der Waals surface area contributed by atoms with Gasteiger partial charge in [-0.1, -0.05) is 12.5 Å². The molecule has 0 aromatic heterocycles. The molecule has 0 spiro atoms. The summed E-state index contributed by atoms with van der Waals surface area (Å²) in [5.74, 6) is 0.440. The minimum absolute atomic E-state index is 0.204. The SMILES string of the molecule is Cc1cc(C)cc(SC2CCCCC2=O)c1. The Kier molecular flexibility index (Phi) is 3.70. The van der Waals surface area contributed by atoms with E-state index in [1.54, 1.807) is 11.8 Å². The number of ketones is 1. The number of hydrogen-bond donors (Lipinski definition) is 0. The van der Waals surface area contributed by atoms with Crippen molar-refractivity contribution in [1.82, 2.24) is 0 Å². The van der Waals surface area contributed by atoms with E-state index >= 15 is 0 Å². The van der Waals surface area contributed by atoms with E-state index < -0.39 is 0 Å². The standard InChI is InChI=1S/C14H18OS/c1-10-7-11(2)9-12(8-10)16-14-6-4-3-5-13(14)15/h7-9,14H,3-6H2,1-2H3. The van der Waals surface area contributed by atoms with E-state index in [0.717, 1.165) is 19.3 Å². The van der Waals surface area contributed by atoms with Crippen molar-refractivity contribution in [2.45, 2.75) is 49.7 Å². The highest BCUT2D eigenvalue weighted by Crippen LogP contribution is 2.32. The van der Waals surface area contributed by atoms with E-state index in [2.05, 4.69) is 32.0 Å². The maximum absolute atomic E-state index is 11.7. The Bertz CT molecular complexity index is 377. The summed E-state index contributed by atoms with van der Waals surface area (Å²) in [6.45, 7) is 4.22. The van der Waals surface area contributed by atoms with Crippen LogP contribution in [0.3, 0.4) is 0 Å². The monoisotopic (exact) mass is 234 g/mol. The quantitative estimate of drug-likeness (QED) is 0.772. The van der Waals surface area contributed by atoms with Gasteiger partial charge in [-0.15, -0.1) is 11.8 Å². The zero-order valence-corrected chi connectivity index (χ0v) is 10.8. The van der Waals surface area contributed by atoms with Gasteiger partial charge in [0.1, 0.15) is 5.78 Å². The van der Waals surface area contributed by atoms with E-state index in [0.29, 0.717) is 5.78 Å². The van der Waals surface area contributed by atoms with Crippen LogP contribution < -0.4 is 0 Å². The predicted octanol–water partition coefficient (Wildman–Crippen LogP) is 3.91. The highest BCUT2D eigenvalue weighted by atomic mass is 32.2. The molecule has 1 unspecified atom stereocenters. The Balaban J connectivity index is 2.10. The molecule has 0 bridgehead atoms. The molecule has 0 radical (unpaired) electrons. The summed E-state index contributed by atoms with van der Waals surface area (Å²) in [6.07, 6.45) is 4.12. The van der Waals surface area contributed by atoms with Crippen molar-refractivity contribution in [1.29, 1.82) is 0 Å². The van der Waals surface area contributed by atoms with Crippen molar-refractivity contribution in [2.75, 3.05) is 0 Å². The maximum Gasteiger partial charge on any atom is 0.146 e. The molecule has 1 aliphatic rings. The molecule has 0 amide bonds. The minimum atomic E-state index is 0.204. The molecule has 1 aromatic rings. The second kappa shape index (κ2) is 5.05. The van der Waals surface area contributed by atoms with Crippen molar-refractivity contribution in [3.63, 3.8) is 0 Å². The number of carbonyl (C=O) groups is 1. The van der Waals surface area contributed by atoms with Gasteiger partial charge in [0.25, 0.3) is 0 Å². The van der Waals surface area contributed by atoms with Gasteiger partial charge in [-0.25, -0.2) is 0 Å². The summed E-state index contributed by atoms with van der Waals surface area (Å²) in [5, 5.41) is 0.204. The summed E-state index contributed by atoms with van der Waals surface area (Å²) in [5.41, 5.74) is 2.57. The highest BCUT2D eigenvalue weighted by Gasteiger charge is 2.22. The molecule has 16 heavy (non-hydrogen) atoms. The predicted molar refractivity (Wildman–Crippen MR) is 69.0 cm³/mol. The van der Waals surface area contributed by atoms with Crippen LogP contribution in [-0.4, -0.2) is 11.0 Å². The van der Waals surface area contributed by atoms with Crippen molar-refractivity contribution in [2.24, 2.45) is 0 Å². The summed E-state index contributed by atoms with van der Waals surface area (Å²) < 4.78 is 0. The number of Topliss-reactive ketones (excluding diaryl/α,β-unsaturated/α-hetero) is 1. The van der Waals surface area contributed by atoms with Gasteiger partial charge in [0, 0.05) is 11.3 Å². The highest BCUT2D eigenvalue weighted by molar-refractivity contribution is 8.00. The lowest BCUT2D eigenvalue weighted by molar-refractivity contribution is -0.119. The summed E-state index contributed by atoms with van der Waals surface area (Å²) in [7, 11) is 0. The molecule has 0 N–H and O–H groups in total. The molecule has 0 aliphatic heterocycles. The number of benzene rings is 1. The Morgan fingerprint density at radius 1 is 1.12 bits per heavy atom. The average molecular weight is 234 g/mol. The number of hydrogen-bond acceptors (Lipinski definition) is 2. The number of thioether (sulfide) groups is 1. The summed E-state index contributed by atoms with van der Waals surface area (Å²) >= 11 is 1.75. The van der Waals surface area contributed by atoms with Gasteiger partial charge in [0.05, 0.1) is 5.25 Å². The van der Waals surface area contributed by atoms with Crippen LogP contribution >= 0.6 is 11.8 Å². The van der Waals surface area contributed by atoms with Gasteiger partial charge in [0.2, 0.25) is 0 Å². The lowest BCUT2D eigenvalue weighted by Crippen LogP contribution is -2.21. The molecular formula is C14H18OS. The van der Waals surface area contributed by atoms with E-state index in [1.165, 1.54) is 22.4 Å². The van der Waals surface area contributed by atoms with Crippen LogP contribution in [0.15, 0.2) is 23.1 Å². The number of carbonyl (C=O) groups excluding carboxylic acids is 1. The molecular weight excluding hydrogens is 216 g/mol. The zero-order chi connectivity index (χ0) is 11.5. The lowest BCUT2D eigenvalue weighted by atomic mass is 9.99. The topological polar surface area (TPSA) is 17.1 Å². The van der Waals surface area contributed by atoms with Crippen LogP contribution in [0, 0.1) is 13.8 Å². The molecule has 1 nitrogen and oxygen atoms in total. The van der Waals surface area contributed by atoms with Crippen molar-refractivity contribution in [3.05, 3.63) is 29.3 Å². The van der Waals surface area contributed by atoms with Crippen LogP contribution in [0.4, 0.5) is 0 Å². The fraction of sp³-hybridized carbons (Fsp3) is 0.500. The largest absolute Gasteiger partial charge is 0.298 e. The summed E-state index contributed by atoms with van der Waals surface area (Å²) in [4.78, 5) is 13.0. The first kappa shape index (κ1) is 11.7. The Hall–Kier alpha value is -0.760. The van der Waals surface area contributed by atoms with Crippen molar-refractivity contribution in [3.8, 4) is 0 Å². The normalized spacial score (nSPS) is 21.1. The van der Waals surface area contributed by atoms with Crippen LogP contribution in [0.25, 0.3) is 0 Å². The van der Waals surface area contributed by atoms with E-state index in [-0.39, 0.29) is 5.25 Å². The molecule has 0 saturated heterocycles. The van der Waals surface area contributed by atoms with Gasteiger partial charge in [-0.05, 0) is 49.9 Å². The molecule has 2 heteroatoms. The molecule has 1 saturated carbocycles. The third kappa shape index (κ3) is 2.88. The molecule has 86 valence electrons. The van der Waals surface area contributed by atoms with Gasteiger partial charge < -0.3 is 0 Å². The first-order valence-electron chi connectivity index (χ1n) is 5.93. The minimum Gasteiger partial charge on any atom is -0.298 e. The smallest absolute Gasteiger partial charge is 0.146 e. The van der Waals surface area contributed by atoms with Gasteiger partial charge in [0.15, 0.2) is 0 Å². The fourth-order valence-electron chi connectivity index (χ4n) is 2.24. The third-order valence-corrected chi connectivity index (χ3v) is 4.26. The van der Waals surface area contributed by atoms with E-state index in [4.69, 9.17) is 0 Å². The first-order chi connectivity index (χ1) is 7.65. The Morgan fingerprint density at radius 2 is 1.81 bits per heavy atom. The van der Waals surface area contributed by atoms with Gasteiger partial charge in [-0.2, -0.15) is 0 Å². The second-order valence-electron chi connectivity index (χ2n) is 4.64. The molecule has 1 aromatic carbocycles. The maximum atomic E-state index is 11.7. The van der Waals surface area contributed by atoms with Crippen LogP contribution in [0.5, 0.6) is 0 Å². The lowest BCUT2D eigenvalue weighted by Gasteiger charge is -2.20. The first-order valence-corrected chi connectivity index (χ1v) is 6.81. The van der Waals surface area contributed by atoms with Crippen LogP contribution in [0.1, 0.15) is 36.8 Å². The van der Waals surface area contributed by atoms with Crippen LogP contribution in [0.2, 0.25) is 0 Å². The number of rotatable bonds is 2. The van der Waals surface area contributed by atoms with Crippen LogP contribution in [-0.2, 0) is 4.79 Å². The Labute approximate surface area is 102 Å². The zero-order valence-electron chi connectivity index (χ0n) is 9.95. The third-order valence-electron chi connectivity index (χ3n) is 2.97. The van der Waals surface area contributed by atoms with Crippen molar-refractivity contribution < 1.29 is 4.79 Å². The molecule has 1 fully saturated rings. The Morgan fingerprint density at radius 3 is 2.44 bits per heavy atom. The summed E-state index contributed by atoms with van der Waals surface area (Å²) in [6, 6.07) is 6.53. The number of aryl methyl sites for hydroxylation is 2. The fourth-order valence-corrected chi connectivity index (χ4v) is 3.61. The molecule has 2 rings (SSSR count).